The zero-order valence-electron chi connectivity index (χ0n) is 26.6. The molecule has 0 N–H and O–H groups in total. The predicted octanol–water partition coefficient (Wildman–Crippen LogP) is 9.98. The number of Topliss-reactive ketones (excluding diaryl/α,β-unsaturated/α-hetero) is 1. The van der Waals surface area contributed by atoms with Crippen molar-refractivity contribution in [3.63, 3.8) is 0 Å². The van der Waals surface area contributed by atoms with Crippen LogP contribution >= 0.6 is 0 Å². The molecule has 0 fully saturated rings. The molecule has 2 aliphatic rings. The summed E-state index contributed by atoms with van der Waals surface area (Å²) in [5.41, 5.74) is 15.1. The maximum atomic E-state index is 14.1. The highest BCUT2D eigenvalue weighted by atomic mass is 16.1. The number of rotatable bonds is 8. The quantitative estimate of drug-likeness (QED) is 0.342. The molecular formula is C37H54O. The topological polar surface area (TPSA) is 17.1 Å². The van der Waals surface area contributed by atoms with Crippen LogP contribution in [-0.2, 0) is 41.3 Å². The van der Waals surface area contributed by atoms with Gasteiger partial charge < -0.3 is 0 Å². The van der Waals surface area contributed by atoms with Crippen molar-refractivity contribution in [3.8, 4) is 0 Å². The van der Waals surface area contributed by atoms with Crippen LogP contribution in [0.3, 0.4) is 0 Å². The molecule has 2 aromatic carbocycles. The van der Waals surface area contributed by atoms with Gasteiger partial charge in [0.05, 0.1) is 0 Å². The van der Waals surface area contributed by atoms with Gasteiger partial charge in [0.1, 0.15) is 5.78 Å². The number of hydrogen-bond acceptors (Lipinski definition) is 1. The molecular weight excluding hydrogens is 460 g/mol. The van der Waals surface area contributed by atoms with E-state index >= 15 is 0 Å². The van der Waals surface area contributed by atoms with Crippen LogP contribution in [0.1, 0.15) is 175 Å². The minimum Gasteiger partial charge on any atom is -0.299 e. The lowest BCUT2D eigenvalue weighted by Gasteiger charge is -2.28. The van der Waals surface area contributed by atoms with Gasteiger partial charge in [-0.2, -0.15) is 0 Å². The molecule has 1 nitrogen and oxygen atoms in total. The lowest BCUT2D eigenvalue weighted by Crippen LogP contribution is -2.19. The van der Waals surface area contributed by atoms with Crippen LogP contribution < -0.4 is 0 Å². The highest BCUT2D eigenvalue weighted by molar-refractivity contribution is 5.85. The van der Waals surface area contributed by atoms with E-state index in [4.69, 9.17) is 0 Å². The van der Waals surface area contributed by atoms with Gasteiger partial charge in [-0.05, 0) is 116 Å². The van der Waals surface area contributed by atoms with E-state index in [0.717, 1.165) is 12.8 Å². The molecule has 0 aliphatic heterocycles. The predicted molar refractivity (Wildman–Crippen MR) is 164 cm³/mol. The van der Waals surface area contributed by atoms with Crippen molar-refractivity contribution in [3.05, 3.63) is 67.8 Å². The van der Waals surface area contributed by atoms with Crippen molar-refractivity contribution in [2.24, 2.45) is 0 Å². The van der Waals surface area contributed by atoms with E-state index in [1.807, 2.05) is 0 Å². The molecule has 0 unspecified atom stereocenters. The van der Waals surface area contributed by atoms with Gasteiger partial charge in [0, 0.05) is 12.8 Å². The van der Waals surface area contributed by atoms with Gasteiger partial charge >= 0.3 is 0 Å². The first-order chi connectivity index (χ1) is 17.6. The monoisotopic (exact) mass is 514 g/mol. The van der Waals surface area contributed by atoms with Crippen molar-refractivity contribution in [2.75, 3.05) is 0 Å². The van der Waals surface area contributed by atoms with Crippen LogP contribution in [0.15, 0.2) is 12.1 Å². The number of carbonyl (C=O) groups is 1. The molecule has 1 heteroatoms. The average molecular weight is 515 g/mol. The Morgan fingerprint density at radius 1 is 0.632 bits per heavy atom. The second-order valence-corrected chi connectivity index (χ2v) is 15.0. The largest absolute Gasteiger partial charge is 0.299 e. The van der Waals surface area contributed by atoms with Gasteiger partial charge in [-0.25, -0.2) is 0 Å². The maximum absolute atomic E-state index is 14.1. The summed E-state index contributed by atoms with van der Waals surface area (Å²) in [5.74, 6) is 2.07. The summed E-state index contributed by atoms with van der Waals surface area (Å²) < 4.78 is 0. The summed E-state index contributed by atoms with van der Waals surface area (Å²) in [4.78, 5) is 14.1. The molecule has 208 valence electrons. The molecule has 0 saturated carbocycles. The zero-order valence-corrected chi connectivity index (χ0v) is 26.6. The molecule has 0 saturated heterocycles. The Balaban J connectivity index is 1.82. The fraction of sp³-hybridized carbons (Fsp3) is 0.649. The van der Waals surface area contributed by atoms with Crippen molar-refractivity contribution in [2.45, 2.75) is 156 Å². The molecule has 0 amide bonds. The van der Waals surface area contributed by atoms with Gasteiger partial charge in [-0.1, -0.05) is 95.2 Å². The Morgan fingerprint density at radius 3 is 1.26 bits per heavy atom. The van der Waals surface area contributed by atoms with E-state index in [-0.39, 0.29) is 10.8 Å². The smallest absolute Gasteiger partial charge is 0.141 e. The Labute approximate surface area is 234 Å². The molecule has 2 aromatic rings. The van der Waals surface area contributed by atoms with Gasteiger partial charge in [0.2, 0.25) is 0 Å². The first kappa shape index (κ1) is 29.1. The molecule has 0 radical (unpaired) electrons. The van der Waals surface area contributed by atoms with E-state index < -0.39 is 0 Å². The van der Waals surface area contributed by atoms with Crippen LogP contribution in [0.2, 0.25) is 0 Å². The lowest BCUT2D eigenvalue weighted by molar-refractivity contribution is -0.117. The fourth-order valence-corrected chi connectivity index (χ4v) is 7.79. The van der Waals surface area contributed by atoms with Gasteiger partial charge in [-0.15, -0.1) is 0 Å². The highest BCUT2D eigenvalue weighted by Gasteiger charge is 2.36. The Hall–Kier alpha value is -1.89. The van der Waals surface area contributed by atoms with E-state index in [9.17, 15) is 4.79 Å². The first-order valence-electron chi connectivity index (χ1n) is 15.5. The number of ketones is 1. The maximum Gasteiger partial charge on any atom is 0.141 e. The van der Waals surface area contributed by atoms with Crippen molar-refractivity contribution in [1.29, 1.82) is 0 Å². The standard InChI is InChI=1S/C37H54O/c1-21(2)28-19-32-26(13-15-36(32,9)10)34(23(5)6)30(28)17-25(38)18-31-29(22(3)4)20-33-27(35(31)24(7)8)14-16-37(33,11)12/h19-24H,13-18H2,1-12H3. The van der Waals surface area contributed by atoms with E-state index in [0.29, 0.717) is 42.3 Å². The van der Waals surface area contributed by atoms with E-state index in [1.165, 1.54) is 57.3 Å². The Bertz CT molecular complexity index is 1140. The van der Waals surface area contributed by atoms with Gasteiger partial charge in [0.15, 0.2) is 0 Å². The molecule has 38 heavy (non-hydrogen) atoms. The molecule has 4 rings (SSSR count). The Morgan fingerprint density at radius 2 is 0.974 bits per heavy atom. The molecule has 0 heterocycles. The third-order valence-electron chi connectivity index (χ3n) is 9.85. The van der Waals surface area contributed by atoms with Crippen molar-refractivity contribution < 1.29 is 4.79 Å². The van der Waals surface area contributed by atoms with Crippen LogP contribution in [0.5, 0.6) is 0 Å². The minimum atomic E-state index is 0.224. The summed E-state index contributed by atoms with van der Waals surface area (Å²) in [5, 5.41) is 0. The second kappa shape index (κ2) is 10.3. The van der Waals surface area contributed by atoms with Crippen LogP contribution in [0.25, 0.3) is 0 Å². The SMILES string of the molecule is CC(C)c1cc2c(c(C(C)C)c1CC(=O)Cc1c(C(C)C)cc3c(c1C(C)C)CCC3(C)C)CCC2(C)C. The van der Waals surface area contributed by atoms with Crippen LogP contribution in [0.4, 0.5) is 0 Å². The number of fused-ring (bicyclic) bond motifs is 2. The average Bonchev–Trinajstić information content (AvgIpc) is 3.26. The Kier molecular flexibility index (Phi) is 7.85. The normalized spacial score (nSPS) is 17.7. The first-order valence-corrected chi connectivity index (χ1v) is 15.5. The third-order valence-corrected chi connectivity index (χ3v) is 9.85. The minimum absolute atomic E-state index is 0.224. The molecule has 2 aliphatic carbocycles. The summed E-state index contributed by atoms with van der Waals surface area (Å²) in [6.07, 6.45) is 5.82. The summed E-state index contributed by atoms with van der Waals surface area (Å²) in [6, 6.07) is 4.97. The third kappa shape index (κ3) is 5.04. The molecule has 0 bridgehead atoms. The van der Waals surface area contributed by atoms with Crippen LogP contribution in [0, 0.1) is 0 Å². The highest BCUT2D eigenvalue weighted by Crippen LogP contribution is 2.47. The second-order valence-electron chi connectivity index (χ2n) is 15.0. The molecule has 0 aromatic heterocycles. The lowest BCUT2D eigenvalue weighted by atomic mass is 9.76. The summed E-state index contributed by atoms with van der Waals surface area (Å²) in [6.45, 7) is 28.1. The number of hydrogen-bond donors (Lipinski definition) is 0. The number of carbonyl (C=O) groups excluding carboxylic acids is 1. The van der Waals surface area contributed by atoms with E-state index in [2.05, 4.69) is 95.2 Å². The van der Waals surface area contributed by atoms with E-state index in [1.54, 1.807) is 11.1 Å². The summed E-state index contributed by atoms with van der Waals surface area (Å²) in [7, 11) is 0. The number of benzene rings is 2. The van der Waals surface area contributed by atoms with Crippen molar-refractivity contribution in [1.82, 2.24) is 0 Å². The summed E-state index contributed by atoms with van der Waals surface area (Å²) >= 11 is 0. The van der Waals surface area contributed by atoms with Gasteiger partial charge in [-0.3, -0.25) is 4.79 Å². The zero-order chi connectivity index (χ0) is 28.3. The van der Waals surface area contributed by atoms with Gasteiger partial charge in [0.25, 0.3) is 0 Å². The van der Waals surface area contributed by atoms with Crippen LogP contribution in [-0.4, -0.2) is 5.78 Å². The molecule has 0 atom stereocenters. The molecule has 0 spiro atoms. The fourth-order valence-electron chi connectivity index (χ4n) is 7.79. The van der Waals surface area contributed by atoms with Crippen molar-refractivity contribution >= 4 is 5.78 Å².